The number of amidine groups is 1. The van der Waals surface area contributed by atoms with Gasteiger partial charge in [0, 0.05) is 5.56 Å². The summed E-state index contributed by atoms with van der Waals surface area (Å²) in [6.07, 6.45) is 0. The summed E-state index contributed by atoms with van der Waals surface area (Å²) in [6, 6.07) is 53.2. The molecule has 0 aliphatic carbocycles. The van der Waals surface area contributed by atoms with Crippen molar-refractivity contribution < 1.29 is 4.52 Å². The van der Waals surface area contributed by atoms with E-state index in [2.05, 4.69) is 150 Å². The van der Waals surface area contributed by atoms with Crippen LogP contribution in [0.25, 0.3) is 0 Å². The second-order valence-electron chi connectivity index (χ2n) is 8.60. The molecule has 3 nitrogen and oxygen atoms in total. The number of rotatable bonds is 5. The Balaban J connectivity index is 1.83. The lowest BCUT2D eigenvalue weighted by molar-refractivity contribution is -0.236. The Morgan fingerprint density at radius 2 is 0.778 bits per heavy atom. The summed E-state index contributed by atoms with van der Waals surface area (Å²) < 4.78 is 15.3. The second kappa shape index (κ2) is 9.70. The van der Waals surface area contributed by atoms with Crippen LogP contribution in [-0.4, -0.2) is 5.84 Å². The molecule has 0 fully saturated rings. The Kier molecular flexibility index (Phi) is 6.11. The molecule has 174 valence electrons. The van der Waals surface area contributed by atoms with Crippen molar-refractivity contribution in [3.63, 3.8) is 0 Å². The maximum Gasteiger partial charge on any atom is 0.268 e. The fourth-order valence-corrected chi connectivity index (χ4v) is 12.9. The molecule has 1 aliphatic heterocycles. The van der Waals surface area contributed by atoms with Gasteiger partial charge >= 0.3 is 0 Å². The van der Waals surface area contributed by atoms with Crippen molar-refractivity contribution in [2.24, 2.45) is 9.51 Å². The number of nitrogens with one attached hydrogen (secondary N) is 1. The van der Waals surface area contributed by atoms with Gasteiger partial charge in [-0.15, -0.1) is 0 Å². The van der Waals surface area contributed by atoms with Gasteiger partial charge in [-0.25, -0.2) is 4.52 Å². The molecule has 5 aromatic rings. The maximum absolute atomic E-state index is 5.55. The van der Waals surface area contributed by atoms with E-state index in [0.29, 0.717) is 0 Å². The topological polar surface area (TPSA) is 38.7 Å². The minimum Gasteiger partial charge on any atom is -0.215 e. The van der Waals surface area contributed by atoms with Crippen LogP contribution < -0.4 is 25.7 Å². The van der Waals surface area contributed by atoms with Crippen LogP contribution in [0.1, 0.15) is 5.56 Å². The van der Waals surface area contributed by atoms with Crippen LogP contribution >= 0.6 is 14.4 Å². The monoisotopic (exact) mass is 502 g/mol. The number of hydrogen-bond donors (Lipinski definition) is 1. The van der Waals surface area contributed by atoms with E-state index in [1.54, 1.807) is 0 Å². The van der Waals surface area contributed by atoms with E-state index in [-0.39, 0.29) is 0 Å². The SMILES string of the molecule is c1ccc(C2=NP(c3ccccc3)(c3ccccc3)=[NH+]P(c3ccccc3)(c3ccccc3)=N2)cc1. The van der Waals surface area contributed by atoms with E-state index in [1.165, 1.54) is 21.2 Å². The highest BCUT2D eigenvalue weighted by atomic mass is 31.2. The predicted molar refractivity (Wildman–Crippen MR) is 155 cm³/mol. The van der Waals surface area contributed by atoms with Gasteiger partial charge in [-0.05, 0) is 48.5 Å². The quantitative estimate of drug-likeness (QED) is 0.327. The van der Waals surface area contributed by atoms with Crippen molar-refractivity contribution in [2.45, 2.75) is 0 Å². The lowest BCUT2D eigenvalue weighted by atomic mass is 10.2. The summed E-state index contributed by atoms with van der Waals surface area (Å²) in [7, 11) is -4.95. The van der Waals surface area contributed by atoms with E-state index in [4.69, 9.17) is 9.51 Å². The van der Waals surface area contributed by atoms with Crippen LogP contribution in [0.5, 0.6) is 0 Å². The molecule has 0 unspecified atom stereocenters. The normalized spacial score (nSPS) is 15.7. The summed E-state index contributed by atoms with van der Waals surface area (Å²) in [5.41, 5.74) is 1.03. The third-order valence-electron chi connectivity index (χ3n) is 6.33. The molecule has 1 N–H and O–H groups in total. The zero-order chi connectivity index (χ0) is 24.3. The molecule has 1 aliphatic rings. The van der Waals surface area contributed by atoms with Crippen LogP contribution in [0.15, 0.2) is 161 Å². The highest BCUT2D eigenvalue weighted by molar-refractivity contribution is 7.84. The zero-order valence-corrected chi connectivity index (χ0v) is 21.5. The summed E-state index contributed by atoms with van der Waals surface area (Å²) in [5, 5.41) is 4.76. The zero-order valence-electron chi connectivity index (χ0n) is 19.7. The van der Waals surface area contributed by atoms with Crippen molar-refractivity contribution in [3.05, 3.63) is 157 Å². The van der Waals surface area contributed by atoms with E-state index >= 15 is 0 Å². The summed E-state index contributed by atoms with van der Waals surface area (Å²) in [5.74, 6) is 0.802. The highest BCUT2D eigenvalue weighted by Gasteiger charge is 2.43. The molecule has 0 bridgehead atoms. The molecule has 0 amide bonds. The van der Waals surface area contributed by atoms with Crippen molar-refractivity contribution >= 4 is 41.5 Å². The summed E-state index contributed by atoms with van der Waals surface area (Å²) in [4.78, 5) is 0. The third kappa shape index (κ3) is 4.01. The Labute approximate surface area is 212 Å². The lowest BCUT2D eigenvalue weighted by Crippen LogP contribution is -2.69. The molecular formula is C31H26N3P2+. The highest BCUT2D eigenvalue weighted by Crippen LogP contribution is 2.51. The van der Waals surface area contributed by atoms with Gasteiger partial charge in [0.2, 0.25) is 0 Å². The molecule has 1 heterocycles. The Morgan fingerprint density at radius 3 is 1.19 bits per heavy atom. The Morgan fingerprint density at radius 1 is 0.417 bits per heavy atom. The molecule has 0 spiro atoms. The molecule has 5 heteroatoms. The number of benzene rings is 5. The van der Waals surface area contributed by atoms with Crippen molar-refractivity contribution in [1.82, 2.24) is 0 Å². The molecule has 0 radical (unpaired) electrons. The van der Waals surface area contributed by atoms with E-state index in [1.807, 2.05) is 6.07 Å². The average Bonchev–Trinajstić information content (AvgIpc) is 2.99. The van der Waals surface area contributed by atoms with Crippen LogP contribution in [0.4, 0.5) is 0 Å². The first-order chi connectivity index (χ1) is 17.8. The average molecular weight is 503 g/mol. The summed E-state index contributed by atoms with van der Waals surface area (Å²) >= 11 is 0. The fourth-order valence-electron chi connectivity index (χ4n) is 4.60. The predicted octanol–water partition coefficient (Wildman–Crippen LogP) is 5.06. The molecule has 0 saturated heterocycles. The smallest absolute Gasteiger partial charge is 0.215 e. The van der Waals surface area contributed by atoms with Gasteiger partial charge in [0.15, 0.2) is 5.84 Å². The molecule has 0 atom stereocenters. The third-order valence-corrected chi connectivity index (χ3v) is 13.8. The van der Waals surface area contributed by atoms with E-state index in [9.17, 15) is 0 Å². The van der Waals surface area contributed by atoms with Gasteiger partial charge in [0.05, 0.1) is 21.2 Å². The first-order valence-corrected chi connectivity index (χ1v) is 15.5. The maximum atomic E-state index is 5.55. The molecule has 6 rings (SSSR count). The fraction of sp³-hybridized carbons (Fsp3) is 0. The first kappa shape index (κ1) is 22.7. The van der Waals surface area contributed by atoms with Crippen molar-refractivity contribution in [2.75, 3.05) is 0 Å². The Bertz CT molecular complexity index is 1450. The standard InChI is InChI=1S/C31H25N3P2/c1-6-16-26(17-7-1)31-32-35(27-18-8-2-9-19-27,28-20-10-3-11-21-28)34-36(33-31,29-22-12-4-13-23-29)30-24-14-5-15-25-30/h1-25H/p+1. The van der Waals surface area contributed by atoms with Crippen molar-refractivity contribution in [3.8, 4) is 0 Å². The Hall–Kier alpha value is -3.77. The molecule has 0 aromatic heterocycles. The van der Waals surface area contributed by atoms with Crippen LogP contribution in [0, 0.1) is 0 Å². The minimum absolute atomic E-state index is 0.802. The van der Waals surface area contributed by atoms with E-state index < -0.39 is 14.4 Å². The first-order valence-electron chi connectivity index (χ1n) is 12.0. The molecule has 36 heavy (non-hydrogen) atoms. The van der Waals surface area contributed by atoms with E-state index in [0.717, 1.165) is 11.4 Å². The minimum atomic E-state index is -2.48. The van der Waals surface area contributed by atoms with Gasteiger partial charge in [-0.3, -0.25) is 0 Å². The molecule has 0 saturated carbocycles. The summed E-state index contributed by atoms with van der Waals surface area (Å²) in [6.45, 7) is 0. The van der Waals surface area contributed by atoms with Crippen LogP contribution in [0.3, 0.4) is 0 Å². The number of nitrogens with zero attached hydrogens (tertiary/aromatic N) is 2. The lowest BCUT2D eigenvalue weighted by Gasteiger charge is -2.27. The van der Waals surface area contributed by atoms with Crippen molar-refractivity contribution in [1.29, 1.82) is 0 Å². The van der Waals surface area contributed by atoms with Gasteiger partial charge < -0.3 is 0 Å². The van der Waals surface area contributed by atoms with Gasteiger partial charge in [-0.2, -0.15) is 9.51 Å². The molecular weight excluding hydrogens is 476 g/mol. The molecule has 5 aromatic carbocycles. The largest absolute Gasteiger partial charge is 0.268 e. The van der Waals surface area contributed by atoms with Crippen LogP contribution in [-0.2, 0) is 0 Å². The second-order valence-corrected chi connectivity index (χ2v) is 14.4. The van der Waals surface area contributed by atoms with Crippen LogP contribution in [0.2, 0.25) is 0 Å². The van der Waals surface area contributed by atoms with Gasteiger partial charge in [-0.1, -0.05) is 103 Å². The number of hydrogen-bond acceptors (Lipinski definition) is 2. The van der Waals surface area contributed by atoms with Gasteiger partial charge in [0.1, 0.15) is 0 Å². The van der Waals surface area contributed by atoms with Gasteiger partial charge in [0.25, 0.3) is 14.4 Å².